The monoisotopic (exact) mass is 362 g/mol. The second-order valence-electron chi connectivity index (χ2n) is 4.95. The minimum absolute atomic E-state index is 0.122. The average Bonchev–Trinajstić information content (AvgIpc) is 2.53. The molecule has 1 atom stereocenters. The number of hydrogen-bond acceptors (Lipinski definition) is 3. The van der Waals surface area contributed by atoms with Gasteiger partial charge in [0.2, 0.25) is 0 Å². The predicted molar refractivity (Wildman–Crippen MR) is 88.0 cm³/mol. The van der Waals surface area contributed by atoms with Crippen molar-refractivity contribution in [3.63, 3.8) is 0 Å². The number of nitrogens with zero attached hydrogens (tertiary/aromatic N) is 1. The molecule has 0 saturated carbocycles. The van der Waals surface area contributed by atoms with Crippen LogP contribution in [0.3, 0.4) is 0 Å². The van der Waals surface area contributed by atoms with Crippen molar-refractivity contribution in [3.8, 4) is 0 Å². The zero-order valence-electron chi connectivity index (χ0n) is 12.0. The highest BCUT2D eigenvalue weighted by atomic mass is 79.9. The standard InChI is InChI=1S/C16H15BrN2O3/c1-11(12-5-3-2-4-6-12)10-18-16(20)13-7-8-14(17)15(9-13)19(21)22/h2-9,11H,10H2,1H3,(H,18,20)/t11-/m0/s1. The van der Waals surface area contributed by atoms with Crippen LogP contribution in [0.1, 0.15) is 28.8 Å². The molecule has 5 nitrogen and oxygen atoms in total. The number of hydrogen-bond donors (Lipinski definition) is 1. The molecule has 0 aliphatic rings. The number of nitro groups is 1. The van der Waals surface area contributed by atoms with Crippen LogP contribution in [0.2, 0.25) is 0 Å². The Kier molecular flexibility index (Phi) is 5.27. The molecule has 2 aromatic rings. The summed E-state index contributed by atoms with van der Waals surface area (Å²) in [6.45, 7) is 2.48. The molecule has 22 heavy (non-hydrogen) atoms. The third-order valence-corrected chi connectivity index (χ3v) is 4.01. The van der Waals surface area contributed by atoms with E-state index < -0.39 is 4.92 Å². The van der Waals surface area contributed by atoms with Gasteiger partial charge in [-0.3, -0.25) is 14.9 Å². The smallest absolute Gasteiger partial charge is 0.284 e. The summed E-state index contributed by atoms with van der Waals surface area (Å²) in [7, 11) is 0. The number of nitro benzene ring substituents is 1. The van der Waals surface area contributed by atoms with Crippen molar-refractivity contribution < 1.29 is 9.72 Å². The summed E-state index contributed by atoms with van der Waals surface area (Å²) in [5, 5.41) is 13.7. The van der Waals surface area contributed by atoms with E-state index in [1.807, 2.05) is 37.3 Å². The zero-order valence-corrected chi connectivity index (χ0v) is 13.5. The van der Waals surface area contributed by atoms with Crippen LogP contribution in [-0.2, 0) is 0 Å². The molecule has 114 valence electrons. The van der Waals surface area contributed by atoms with E-state index in [4.69, 9.17) is 0 Å². The summed E-state index contributed by atoms with van der Waals surface area (Å²) in [6.07, 6.45) is 0. The van der Waals surface area contributed by atoms with E-state index in [0.29, 0.717) is 11.0 Å². The van der Waals surface area contributed by atoms with Crippen molar-refractivity contribution in [1.82, 2.24) is 5.32 Å². The summed E-state index contributed by atoms with van der Waals surface area (Å²) >= 11 is 3.10. The molecule has 0 fully saturated rings. The van der Waals surface area contributed by atoms with Gasteiger partial charge in [0.15, 0.2) is 0 Å². The SMILES string of the molecule is C[C@@H](CNC(=O)c1ccc(Br)c([N+](=O)[O-])c1)c1ccccc1. The number of nitrogens with one attached hydrogen (secondary N) is 1. The maximum Gasteiger partial charge on any atom is 0.284 e. The fraction of sp³-hybridized carbons (Fsp3) is 0.188. The van der Waals surface area contributed by atoms with Crippen LogP contribution < -0.4 is 5.32 Å². The highest BCUT2D eigenvalue weighted by molar-refractivity contribution is 9.10. The van der Waals surface area contributed by atoms with Crippen molar-refractivity contribution in [1.29, 1.82) is 0 Å². The van der Waals surface area contributed by atoms with Gasteiger partial charge in [-0.15, -0.1) is 0 Å². The summed E-state index contributed by atoms with van der Waals surface area (Å²) < 4.78 is 0.353. The Balaban J connectivity index is 2.04. The Morgan fingerprint density at radius 3 is 2.59 bits per heavy atom. The summed E-state index contributed by atoms with van der Waals surface area (Å²) in [6, 6.07) is 14.2. The van der Waals surface area contributed by atoms with Crippen LogP contribution in [0.15, 0.2) is 53.0 Å². The van der Waals surface area contributed by atoms with Crippen LogP contribution in [0.4, 0.5) is 5.69 Å². The van der Waals surface area contributed by atoms with Crippen molar-refractivity contribution in [2.45, 2.75) is 12.8 Å². The minimum atomic E-state index is -0.520. The van der Waals surface area contributed by atoms with Gasteiger partial charge in [-0.2, -0.15) is 0 Å². The van der Waals surface area contributed by atoms with Gasteiger partial charge in [-0.1, -0.05) is 37.3 Å². The van der Waals surface area contributed by atoms with Crippen molar-refractivity contribution >= 4 is 27.5 Å². The highest BCUT2D eigenvalue weighted by Gasteiger charge is 2.16. The zero-order chi connectivity index (χ0) is 16.1. The summed E-state index contributed by atoms with van der Waals surface area (Å²) in [5.74, 6) is -0.158. The first-order valence-corrected chi connectivity index (χ1v) is 7.55. The Morgan fingerprint density at radius 1 is 1.27 bits per heavy atom. The molecule has 1 N–H and O–H groups in total. The van der Waals surface area contributed by atoms with Gasteiger partial charge < -0.3 is 5.32 Å². The van der Waals surface area contributed by atoms with Crippen LogP contribution in [-0.4, -0.2) is 17.4 Å². The quantitative estimate of drug-likeness (QED) is 0.647. The highest BCUT2D eigenvalue weighted by Crippen LogP contribution is 2.25. The Morgan fingerprint density at radius 2 is 1.95 bits per heavy atom. The van der Waals surface area contributed by atoms with Crippen molar-refractivity contribution in [2.24, 2.45) is 0 Å². The van der Waals surface area contributed by atoms with Gasteiger partial charge in [-0.05, 0) is 39.5 Å². The lowest BCUT2D eigenvalue weighted by atomic mass is 10.0. The number of rotatable bonds is 5. The average molecular weight is 363 g/mol. The molecule has 0 spiro atoms. The van der Waals surface area contributed by atoms with E-state index in [1.54, 1.807) is 6.07 Å². The maximum absolute atomic E-state index is 12.1. The topological polar surface area (TPSA) is 72.2 Å². The molecule has 0 heterocycles. The van der Waals surface area contributed by atoms with E-state index in [-0.39, 0.29) is 23.1 Å². The van der Waals surface area contributed by atoms with Gasteiger partial charge in [0.1, 0.15) is 0 Å². The van der Waals surface area contributed by atoms with Crippen molar-refractivity contribution in [2.75, 3.05) is 6.54 Å². The molecule has 0 radical (unpaired) electrons. The second-order valence-corrected chi connectivity index (χ2v) is 5.80. The first-order valence-electron chi connectivity index (χ1n) is 6.76. The van der Waals surface area contributed by atoms with Gasteiger partial charge in [0.25, 0.3) is 11.6 Å². The van der Waals surface area contributed by atoms with Crippen LogP contribution in [0.5, 0.6) is 0 Å². The van der Waals surface area contributed by atoms with E-state index in [2.05, 4.69) is 21.2 Å². The lowest BCUT2D eigenvalue weighted by Gasteiger charge is -2.13. The number of amides is 1. The molecule has 1 amide bonds. The molecule has 0 aliphatic heterocycles. The van der Waals surface area contributed by atoms with E-state index in [1.165, 1.54) is 12.1 Å². The Hall–Kier alpha value is -2.21. The molecule has 0 aliphatic carbocycles. The van der Waals surface area contributed by atoms with Gasteiger partial charge in [0, 0.05) is 18.2 Å². The molecule has 6 heteroatoms. The molecule has 2 rings (SSSR count). The van der Waals surface area contributed by atoms with Crippen LogP contribution in [0.25, 0.3) is 0 Å². The fourth-order valence-electron chi connectivity index (χ4n) is 2.04. The molecule has 0 saturated heterocycles. The third kappa shape index (κ3) is 3.92. The largest absolute Gasteiger partial charge is 0.351 e. The molecular weight excluding hydrogens is 348 g/mol. The van der Waals surface area contributed by atoms with E-state index in [0.717, 1.165) is 5.56 Å². The molecule has 2 aromatic carbocycles. The number of halogens is 1. The van der Waals surface area contributed by atoms with Crippen molar-refractivity contribution in [3.05, 3.63) is 74.2 Å². The summed E-state index contributed by atoms with van der Waals surface area (Å²) in [4.78, 5) is 22.5. The minimum Gasteiger partial charge on any atom is -0.351 e. The maximum atomic E-state index is 12.1. The number of carbonyl (C=O) groups is 1. The fourth-order valence-corrected chi connectivity index (χ4v) is 2.43. The Labute approximate surface area is 136 Å². The van der Waals surface area contributed by atoms with Gasteiger partial charge in [-0.25, -0.2) is 0 Å². The molecule has 0 aromatic heterocycles. The number of carbonyl (C=O) groups excluding carboxylic acids is 1. The first kappa shape index (κ1) is 16.2. The normalized spacial score (nSPS) is 11.7. The van der Waals surface area contributed by atoms with Crippen LogP contribution >= 0.6 is 15.9 Å². The molecule has 0 unspecified atom stereocenters. The van der Waals surface area contributed by atoms with E-state index in [9.17, 15) is 14.9 Å². The summed E-state index contributed by atoms with van der Waals surface area (Å²) in [5.41, 5.74) is 1.28. The van der Waals surface area contributed by atoms with Gasteiger partial charge in [0.05, 0.1) is 9.40 Å². The number of benzene rings is 2. The lowest BCUT2D eigenvalue weighted by Crippen LogP contribution is -2.27. The van der Waals surface area contributed by atoms with Gasteiger partial charge >= 0.3 is 0 Å². The second kappa shape index (κ2) is 7.17. The third-order valence-electron chi connectivity index (χ3n) is 3.34. The first-order chi connectivity index (χ1) is 10.5. The molecule has 0 bridgehead atoms. The molecular formula is C16H15BrN2O3. The lowest BCUT2D eigenvalue weighted by molar-refractivity contribution is -0.385. The Bertz CT molecular complexity index is 689. The van der Waals surface area contributed by atoms with E-state index >= 15 is 0 Å². The predicted octanol–water partition coefficient (Wildman–Crippen LogP) is 3.89. The van der Waals surface area contributed by atoms with Crippen LogP contribution in [0, 0.1) is 10.1 Å².